The lowest BCUT2D eigenvalue weighted by Gasteiger charge is -2.30. The van der Waals surface area contributed by atoms with Crippen LogP contribution in [0.1, 0.15) is 30.6 Å². The summed E-state index contributed by atoms with van der Waals surface area (Å²) in [5.74, 6) is 0. The third-order valence-corrected chi connectivity index (χ3v) is 2.92. The molecular weight excluding hydrogens is 238 g/mol. The molecule has 1 aromatic rings. The molecule has 0 atom stereocenters. The van der Waals surface area contributed by atoms with Crippen LogP contribution in [-0.4, -0.2) is 30.6 Å². The lowest BCUT2D eigenvalue weighted by atomic mass is 10.1. The fourth-order valence-electron chi connectivity index (χ4n) is 1.80. The number of aliphatic hydroxyl groups excluding tert-OH is 1. The highest BCUT2D eigenvalue weighted by Crippen LogP contribution is 2.30. The molecular formula is C13H18ClNO2. The van der Waals surface area contributed by atoms with Crippen LogP contribution in [0.2, 0.25) is 5.02 Å². The van der Waals surface area contributed by atoms with Crippen LogP contribution in [-0.2, 0) is 0 Å². The highest BCUT2D eigenvalue weighted by Gasteiger charge is 2.16. The number of nitrogens with zero attached hydrogens (tertiary/aromatic N) is 1. The maximum atomic E-state index is 11.0. The van der Waals surface area contributed by atoms with Gasteiger partial charge in [-0.1, -0.05) is 17.7 Å². The van der Waals surface area contributed by atoms with Gasteiger partial charge in [-0.25, -0.2) is 0 Å². The first-order valence-corrected chi connectivity index (χ1v) is 6.10. The van der Waals surface area contributed by atoms with Gasteiger partial charge in [0.15, 0.2) is 6.29 Å². The number of hydrogen-bond donors (Lipinski definition) is 1. The van der Waals surface area contributed by atoms with E-state index in [-0.39, 0.29) is 12.6 Å². The Morgan fingerprint density at radius 2 is 2.18 bits per heavy atom. The van der Waals surface area contributed by atoms with E-state index in [1.165, 1.54) is 0 Å². The Hall–Kier alpha value is -1.06. The first-order valence-electron chi connectivity index (χ1n) is 5.73. The van der Waals surface area contributed by atoms with Gasteiger partial charge in [0.1, 0.15) is 0 Å². The molecule has 0 aliphatic carbocycles. The van der Waals surface area contributed by atoms with Crippen molar-refractivity contribution in [3.63, 3.8) is 0 Å². The van der Waals surface area contributed by atoms with Crippen LogP contribution in [0.5, 0.6) is 0 Å². The van der Waals surface area contributed by atoms with Crippen molar-refractivity contribution in [1.82, 2.24) is 0 Å². The van der Waals surface area contributed by atoms with Gasteiger partial charge in [0.25, 0.3) is 0 Å². The van der Waals surface area contributed by atoms with Crippen molar-refractivity contribution < 1.29 is 9.90 Å². The lowest BCUT2D eigenvalue weighted by Crippen LogP contribution is -2.33. The molecule has 94 valence electrons. The van der Waals surface area contributed by atoms with E-state index in [0.717, 1.165) is 12.0 Å². The van der Waals surface area contributed by atoms with Crippen molar-refractivity contribution in [3.05, 3.63) is 28.8 Å². The van der Waals surface area contributed by atoms with Gasteiger partial charge in [0.2, 0.25) is 0 Å². The molecule has 0 spiro atoms. The van der Waals surface area contributed by atoms with E-state index in [0.29, 0.717) is 23.6 Å². The van der Waals surface area contributed by atoms with Gasteiger partial charge in [-0.15, -0.1) is 0 Å². The standard InChI is InChI=1S/C13H18ClNO2/c1-10(2)15(7-4-8-16)13-11(9-17)5-3-6-12(13)14/h3,5-6,9-10,16H,4,7-8H2,1-2H3. The van der Waals surface area contributed by atoms with Crippen molar-refractivity contribution in [2.45, 2.75) is 26.3 Å². The van der Waals surface area contributed by atoms with Gasteiger partial charge in [-0.3, -0.25) is 4.79 Å². The van der Waals surface area contributed by atoms with Crippen LogP contribution in [0.3, 0.4) is 0 Å². The second kappa shape index (κ2) is 6.62. The molecule has 17 heavy (non-hydrogen) atoms. The number of rotatable bonds is 6. The molecule has 0 saturated heterocycles. The monoisotopic (exact) mass is 255 g/mol. The van der Waals surface area contributed by atoms with Gasteiger partial charge in [-0.05, 0) is 32.4 Å². The largest absolute Gasteiger partial charge is 0.396 e. The highest BCUT2D eigenvalue weighted by molar-refractivity contribution is 6.33. The zero-order valence-electron chi connectivity index (χ0n) is 10.2. The lowest BCUT2D eigenvalue weighted by molar-refractivity contribution is 0.112. The van der Waals surface area contributed by atoms with E-state index in [9.17, 15) is 4.79 Å². The van der Waals surface area contributed by atoms with Crippen molar-refractivity contribution >= 4 is 23.6 Å². The Bertz CT molecular complexity index is 380. The molecule has 3 nitrogen and oxygen atoms in total. The summed E-state index contributed by atoms with van der Waals surface area (Å²) in [5.41, 5.74) is 1.34. The zero-order chi connectivity index (χ0) is 12.8. The number of aldehydes is 1. The average Bonchev–Trinajstić information content (AvgIpc) is 2.30. The minimum atomic E-state index is 0.129. The van der Waals surface area contributed by atoms with Crippen LogP contribution in [0.4, 0.5) is 5.69 Å². The van der Waals surface area contributed by atoms with Crippen molar-refractivity contribution in [3.8, 4) is 0 Å². The van der Waals surface area contributed by atoms with Gasteiger partial charge in [0, 0.05) is 24.8 Å². The second-order valence-corrected chi connectivity index (χ2v) is 4.57. The van der Waals surface area contributed by atoms with Gasteiger partial charge in [0.05, 0.1) is 10.7 Å². The number of carbonyl (C=O) groups is 1. The van der Waals surface area contributed by atoms with Crippen LogP contribution in [0, 0.1) is 0 Å². The number of halogens is 1. The Kier molecular flexibility index (Phi) is 5.45. The van der Waals surface area contributed by atoms with E-state index in [1.54, 1.807) is 18.2 Å². The predicted octanol–water partition coefficient (Wildman–Crippen LogP) is 2.75. The molecule has 0 amide bonds. The first kappa shape index (κ1) is 14.0. The van der Waals surface area contributed by atoms with Gasteiger partial charge in [-0.2, -0.15) is 0 Å². The molecule has 1 rings (SSSR count). The molecule has 0 radical (unpaired) electrons. The molecule has 0 unspecified atom stereocenters. The van der Waals surface area contributed by atoms with Crippen molar-refractivity contribution in [1.29, 1.82) is 0 Å². The number of anilines is 1. The molecule has 0 bridgehead atoms. The third kappa shape index (κ3) is 3.45. The Labute approximate surface area is 107 Å². The summed E-state index contributed by atoms with van der Waals surface area (Å²) in [6.07, 6.45) is 1.47. The normalized spacial score (nSPS) is 10.6. The quantitative estimate of drug-likeness (QED) is 0.795. The smallest absolute Gasteiger partial charge is 0.152 e. The predicted molar refractivity (Wildman–Crippen MR) is 71.0 cm³/mol. The van der Waals surface area contributed by atoms with E-state index >= 15 is 0 Å². The maximum Gasteiger partial charge on any atom is 0.152 e. The minimum Gasteiger partial charge on any atom is -0.396 e. The SMILES string of the molecule is CC(C)N(CCCO)c1c(Cl)cccc1C=O. The first-order chi connectivity index (χ1) is 8.11. The Balaban J connectivity index is 3.12. The van der Waals surface area contributed by atoms with Crippen molar-refractivity contribution in [2.75, 3.05) is 18.1 Å². The van der Waals surface area contributed by atoms with E-state index in [4.69, 9.17) is 16.7 Å². The number of carbonyl (C=O) groups excluding carboxylic acids is 1. The van der Waals surface area contributed by atoms with Gasteiger partial charge < -0.3 is 10.0 Å². The van der Waals surface area contributed by atoms with Crippen LogP contribution in [0.25, 0.3) is 0 Å². The number of aliphatic hydroxyl groups is 1. The number of para-hydroxylation sites is 1. The third-order valence-electron chi connectivity index (χ3n) is 2.61. The fraction of sp³-hybridized carbons (Fsp3) is 0.462. The molecule has 1 aromatic carbocycles. The molecule has 0 heterocycles. The summed E-state index contributed by atoms with van der Waals surface area (Å²) in [7, 11) is 0. The van der Waals surface area contributed by atoms with Crippen molar-refractivity contribution in [2.24, 2.45) is 0 Å². The summed E-state index contributed by atoms with van der Waals surface area (Å²) < 4.78 is 0. The molecule has 0 aliphatic heterocycles. The van der Waals surface area contributed by atoms with E-state index in [1.807, 2.05) is 18.7 Å². The molecule has 4 heteroatoms. The summed E-state index contributed by atoms with van der Waals surface area (Å²) in [4.78, 5) is 13.1. The van der Waals surface area contributed by atoms with Crippen LogP contribution < -0.4 is 4.90 Å². The molecule has 0 fully saturated rings. The fourth-order valence-corrected chi connectivity index (χ4v) is 2.09. The van der Waals surface area contributed by atoms with E-state index < -0.39 is 0 Å². The molecule has 1 N–H and O–H groups in total. The summed E-state index contributed by atoms with van der Waals surface area (Å²) in [5, 5.41) is 9.48. The maximum absolute atomic E-state index is 11.0. The average molecular weight is 256 g/mol. The minimum absolute atomic E-state index is 0.129. The van der Waals surface area contributed by atoms with E-state index in [2.05, 4.69) is 0 Å². The van der Waals surface area contributed by atoms with Crippen LogP contribution in [0.15, 0.2) is 18.2 Å². The number of benzene rings is 1. The summed E-state index contributed by atoms with van der Waals surface area (Å²) in [6.45, 7) is 4.88. The molecule has 0 aromatic heterocycles. The Morgan fingerprint density at radius 3 is 2.71 bits per heavy atom. The highest BCUT2D eigenvalue weighted by atomic mass is 35.5. The number of hydrogen-bond acceptors (Lipinski definition) is 3. The second-order valence-electron chi connectivity index (χ2n) is 4.16. The topological polar surface area (TPSA) is 40.5 Å². The summed E-state index contributed by atoms with van der Waals surface area (Å²) >= 11 is 6.16. The Morgan fingerprint density at radius 1 is 1.47 bits per heavy atom. The summed E-state index contributed by atoms with van der Waals surface area (Å²) in [6, 6.07) is 5.51. The van der Waals surface area contributed by atoms with Gasteiger partial charge >= 0.3 is 0 Å². The molecule has 0 saturated carbocycles. The van der Waals surface area contributed by atoms with Crippen LogP contribution >= 0.6 is 11.6 Å². The zero-order valence-corrected chi connectivity index (χ0v) is 10.9. The molecule has 0 aliphatic rings.